The van der Waals surface area contributed by atoms with Crippen LogP contribution in [-0.2, 0) is 4.84 Å². The molecule has 0 spiro atoms. The van der Waals surface area contributed by atoms with Crippen molar-refractivity contribution in [3.05, 3.63) is 12.2 Å². The molecule has 0 unspecified atom stereocenters. The average Bonchev–Trinajstić information content (AvgIpc) is 1.68. The largest absolute Gasteiger partial charge is 0.399 e. The van der Waals surface area contributed by atoms with Crippen LogP contribution in [0.2, 0.25) is 0 Å². The van der Waals surface area contributed by atoms with Gasteiger partial charge in [0.15, 0.2) is 0 Å². The van der Waals surface area contributed by atoms with E-state index in [4.69, 9.17) is 0 Å². The minimum absolute atomic E-state index is 0.884. The summed E-state index contributed by atoms with van der Waals surface area (Å²) in [5.41, 5.74) is 0.884. The number of nitrogens with zero attached hydrogens (tertiary/aromatic N) is 1. The highest BCUT2D eigenvalue weighted by molar-refractivity contribution is 5.92. The van der Waals surface area contributed by atoms with Crippen LogP contribution >= 0.6 is 0 Å². The van der Waals surface area contributed by atoms with Gasteiger partial charge in [-0.05, 0) is 19.9 Å². The van der Waals surface area contributed by atoms with Crippen LogP contribution in [0.25, 0.3) is 0 Å². The second-order valence-electron chi connectivity index (χ2n) is 1.42. The standard InChI is InChI=1S/C6H11NO/c1-4-5-6(2)7-8-3/h4-5H,1-3H3. The van der Waals surface area contributed by atoms with Crippen molar-refractivity contribution >= 4 is 5.71 Å². The first-order chi connectivity index (χ1) is 3.81. The molecule has 0 amide bonds. The van der Waals surface area contributed by atoms with E-state index in [0.717, 1.165) is 5.71 Å². The first-order valence-corrected chi connectivity index (χ1v) is 2.51. The van der Waals surface area contributed by atoms with Gasteiger partial charge in [0.2, 0.25) is 0 Å². The van der Waals surface area contributed by atoms with Crippen LogP contribution in [0.4, 0.5) is 0 Å². The molecule has 0 aromatic carbocycles. The Morgan fingerprint density at radius 1 is 1.62 bits per heavy atom. The lowest BCUT2D eigenvalue weighted by Crippen LogP contribution is -1.83. The fraction of sp³-hybridized carbons (Fsp3) is 0.500. The molecular weight excluding hydrogens is 102 g/mol. The van der Waals surface area contributed by atoms with Gasteiger partial charge in [0.1, 0.15) is 7.11 Å². The van der Waals surface area contributed by atoms with Crippen molar-refractivity contribution in [2.24, 2.45) is 5.16 Å². The van der Waals surface area contributed by atoms with E-state index in [2.05, 4.69) is 9.99 Å². The fourth-order valence-corrected chi connectivity index (χ4v) is 0.416. The minimum Gasteiger partial charge on any atom is -0.399 e. The minimum atomic E-state index is 0.884. The Hall–Kier alpha value is -0.790. The quantitative estimate of drug-likeness (QED) is 0.393. The summed E-state index contributed by atoms with van der Waals surface area (Å²) in [4.78, 5) is 4.49. The zero-order valence-corrected chi connectivity index (χ0v) is 5.51. The van der Waals surface area contributed by atoms with Gasteiger partial charge in [-0.2, -0.15) is 0 Å². The Balaban J connectivity index is 3.61. The molecule has 0 aromatic heterocycles. The molecule has 2 heteroatoms. The summed E-state index contributed by atoms with van der Waals surface area (Å²) >= 11 is 0. The first-order valence-electron chi connectivity index (χ1n) is 2.51. The maximum Gasteiger partial charge on any atom is 0.106 e. The lowest BCUT2D eigenvalue weighted by molar-refractivity contribution is 0.213. The first kappa shape index (κ1) is 7.21. The lowest BCUT2D eigenvalue weighted by Gasteiger charge is -1.86. The molecule has 0 rings (SSSR count). The lowest BCUT2D eigenvalue weighted by atomic mass is 10.4. The molecule has 0 radical (unpaired) electrons. The molecule has 0 saturated carbocycles. The fourth-order valence-electron chi connectivity index (χ4n) is 0.416. The van der Waals surface area contributed by atoms with Gasteiger partial charge in [-0.1, -0.05) is 11.2 Å². The van der Waals surface area contributed by atoms with Gasteiger partial charge in [0.25, 0.3) is 0 Å². The van der Waals surface area contributed by atoms with Crippen LogP contribution in [0.3, 0.4) is 0 Å². The number of oxime groups is 1. The van der Waals surface area contributed by atoms with Crippen molar-refractivity contribution in [1.82, 2.24) is 0 Å². The molecule has 0 fully saturated rings. The van der Waals surface area contributed by atoms with Crippen LogP contribution in [0.1, 0.15) is 13.8 Å². The van der Waals surface area contributed by atoms with E-state index in [1.54, 1.807) is 0 Å². The Morgan fingerprint density at radius 3 is 2.62 bits per heavy atom. The summed E-state index contributed by atoms with van der Waals surface area (Å²) in [6.45, 7) is 3.82. The van der Waals surface area contributed by atoms with Gasteiger partial charge in [0, 0.05) is 0 Å². The third-order valence-electron chi connectivity index (χ3n) is 0.643. The highest BCUT2D eigenvalue weighted by atomic mass is 16.6. The van der Waals surface area contributed by atoms with Crippen molar-refractivity contribution in [1.29, 1.82) is 0 Å². The van der Waals surface area contributed by atoms with E-state index >= 15 is 0 Å². The maximum atomic E-state index is 4.49. The summed E-state index contributed by atoms with van der Waals surface area (Å²) in [7, 11) is 1.53. The van der Waals surface area contributed by atoms with Crippen molar-refractivity contribution in [2.75, 3.05) is 7.11 Å². The Kier molecular flexibility index (Phi) is 3.94. The zero-order chi connectivity index (χ0) is 6.41. The maximum absolute atomic E-state index is 4.49. The zero-order valence-electron chi connectivity index (χ0n) is 5.51. The molecule has 0 aromatic rings. The van der Waals surface area contributed by atoms with Gasteiger partial charge in [-0.15, -0.1) is 0 Å². The molecular formula is C6H11NO. The molecule has 8 heavy (non-hydrogen) atoms. The molecule has 0 aliphatic carbocycles. The van der Waals surface area contributed by atoms with Crippen molar-refractivity contribution in [2.45, 2.75) is 13.8 Å². The molecule has 0 heterocycles. The predicted molar refractivity (Wildman–Crippen MR) is 34.9 cm³/mol. The monoisotopic (exact) mass is 113 g/mol. The molecule has 0 bridgehead atoms. The second-order valence-corrected chi connectivity index (χ2v) is 1.42. The van der Waals surface area contributed by atoms with E-state index < -0.39 is 0 Å². The van der Waals surface area contributed by atoms with Gasteiger partial charge < -0.3 is 4.84 Å². The van der Waals surface area contributed by atoms with Gasteiger partial charge in [0.05, 0.1) is 5.71 Å². The molecule has 0 aliphatic heterocycles. The van der Waals surface area contributed by atoms with Crippen LogP contribution in [0.5, 0.6) is 0 Å². The van der Waals surface area contributed by atoms with Crippen molar-refractivity contribution in [3.8, 4) is 0 Å². The van der Waals surface area contributed by atoms with E-state index in [0.29, 0.717) is 0 Å². The van der Waals surface area contributed by atoms with Crippen LogP contribution in [-0.4, -0.2) is 12.8 Å². The number of allylic oxidation sites excluding steroid dienone is 2. The highest BCUT2D eigenvalue weighted by Crippen LogP contribution is 1.79. The summed E-state index contributed by atoms with van der Waals surface area (Å²) in [5, 5.41) is 3.64. The number of rotatable bonds is 2. The summed E-state index contributed by atoms with van der Waals surface area (Å²) < 4.78 is 0. The molecule has 0 aliphatic rings. The van der Waals surface area contributed by atoms with Gasteiger partial charge in [-0.3, -0.25) is 0 Å². The third kappa shape index (κ3) is 3.40. The number of hydrogen-bond donors (Lipinski definition) is 0. The average molecular weight is 113 g/mol. The topological polar surface area (TPSA) is 21.6 Å². The Bertz CT molecular complexity index is 105. The molecule has 0 atom stereocenters. The summed E-state index contributed by atoms with van der Waals surface area (Å²) in [6, 6.07) is 0. The smallest absolute Gasteiger partial charge is 0.106 e. The normalized spacial score (nSPS) is 12.6. The Labute approximate surface area is 49.8 Å². The van der Waals surface area contributed by atoms with Gasteiger partial charge >= 0.3 is 0 Å². The van der Waals surface area contributed by atoms with E-state index in [9.17, 15) is 0 Å². The van der Waals surface area contributed by atoms with Crippen molar-refractivity contribution in [3.63, 3.8) is 0 Å². The third-order valence-corrected chi connectivity index (χ3v) is 0.643. The second kappa shape index (κ2) is 4.37. The SMILES string of the molecule is CC=CC(C)=NOC. The Morgan fingerprint density at radius 2 is 2.25 bits per heavy atom. The van der Waals surface area contributed by atoms with Crippen LogP contribution < -0.4 is 0 Å². The molecule has 46 valence electrons. The van der Waals surface area contributed by atoms with E-state index in [1.165, 1.54) is 7.11 Å². The van der Waals surface area contributed by atoms with Crippen molar-refractivity contribution < 1.29 is 4.84 Å². The molecule has 0 saturated heterocycles. The molecule has 2 nitrogen and oxygen atoms in total. The predicted octanol–water partition coefficient (Wildman–Crippen LogP) is 1.58. The van der Waals surface area contributed by atoms with E-state index in [1.807, 2.05) is 26.0 Å². The molecule has 0 N–H and O–H groups in total. The highest BCUT2D eigenvalue weighted by Gasteiger charge is 1.76. The van der Waals surface area contributed by atoms with Crippen LogP contribution in [0, 0.1) is 0 Å². The van der Waals surface area contributed by atoms with Crippen LogP contribution in [0.15, 0.2) is 17.3 Å². The van der Waals surface area contributed by atoms with E-state index in [-0.39, 0.29) is 0 Å². The van der Waals surface area contributed by atoms with Gasteiger partial charge in [-0.25, -0.2) is 0 Å². The summed E-state index contributed by atoms with van der Waals surface area (Å²) in [6.07, 6.45) is 3.79. The number of hydrogen-bond acceptors (Lipinski definition) is 2. The summed E-state index contributed by atoms with van der Waals surface area (Å²) in [5.74, 6) is 0.